The summed E-state index contributed by atoms with van der Waals surface area (Å²) in [5, 5.41) is 0. The average molecular weight is 207 g/mol. The summed E-state index contributed by atoms with van der Waals surface area (Å²) in [6.07, 6.45) is 0.0737. The van der Waals surface area contributed by atoms with Crippen molar-refractivity contribution in [1.29, 1.82) is 0 Å². The average Bonchev–Trinajstić information content (AvgIpc) is 2.16. The summed E-state index contributed by atoms with van der Waals surface area (Å²) in [7, 11) is 1.51. The molecule has 0 atom stereocenters. The summed E-state index contributed by atoms with van der Waals surface area (Å²) >= 11 is 0. The van der Waals surface area contributed by atoms with Crippen LogP contribution in [-0.4, -0.2) is 18.8 Å². The van der Waals surface area contributed by atoms with Gasteiger partial charge < -0.3 is 10.5 Å². The molecular formula is C11H13NO3. The normalized spacial score (nSPS) is 9.73. The monoisotopic (exact) mass is 207 g/mol. The van der Waals surface area contributed by atoms with Crippen LogP contribution in [0.15, 0.2) is 18.2 Å². The minimum atomic E-state index is -0.450. The molecule has 0 aromatic heterocycles. The van der Waals surface area contributed by atoms with Gasteiger partial charge in [0.2, 0.25) is 5.91 Å². The maximum Gasteiger partial charge on any atom is 0.221 e. The summed E-state index contributed by atoms with van der Waals surface area (Å²) in [5.41, 5.74) is 6.28. The highest BCUT2D eigenvalue weighted by atomic mass is 16.5. The molecule has 0 saturated carbocycles. The van der Waals surface area contributed by atoms with Crippen LogP contribution < -0.4 is 10.5 Å². The van der Waals surface area contributed by atoms with E-state index in [0.29, 0.717) is 16.9 Å². The second kappa shape index (κ2) is 4.59. The molecule has 1 rings (SSSR count). The zero-order valence-corrected chi connectivity index (χ0v) is 8.74. The van der Waals surface area contributed by atoms with Crippen LogP contribution in [0.1, 0.15) is 22.8 Å². The second-order valence-corrected chi connectivity index (χ2v) is 3.23. The van der Waals surface area contributed by atoms with Crippen molar-refractivity contribution >= 4 is 11.7 Å². The molecule has 0 bridgehead atoms. The summed E-state index contributed by atoms with van der Waals surface area (Å²) in [4.78, 5) is 21.9. The van der Waals surface area contributed by atoms with Gasteiger partial charge in [-0.1, -0.05) is 0 Å². The third-order valence-corrected chi connectivity index (χ3v) is 2.05. The topological polar surface area (TPSA) is 69.4 Å². The summed E-state index contributed by atoms with van der Waals surface area (Å²) in [5.74, 6) is 0.0659. The molecule has 1 amide bonds. The van der Waals surface area contributed by atoms with E-state index >= 15 is 0 Å². The molecule has 1 aromatic carbocycles. The Balaban J connectivity index is 3.12. The molecule has 2 N–H and O–H groups in total. The molecule has 80 valence electrons. The molecular weight excluding hydrogens is 194 g/mol. The molecule has 0 saturated heterocycles. The Morgan fingerprint density at radius 3 is 2.53 bits per heavy atom. The Kier molecular flexibility index (Phi) is 3.44. The fraction of sp³-hybridized carbons (Fsp3) is 0.273. The van der Waals surface area contributed by atoms with Crippen LogP contribution >= 0.6 is 0 Å². The molecule has 0 aliphatic heterocycles. The van der Waals surface area contributed by atoms with Crippen molar-refractivity contribution in [3.8, 4) is 5.75 Å². The number of carbonyl (C=O) groups is 2. The van der Waals surface area contributed by atoms with E-state index in [1.807, 2.05) is 0 Å². The first-order valence-corrected chi connectivity index (χ1v) is 4.50. The number of Topliss-reactive ketones (excluding diaryl/α,β-unsaturated/α-hetero) is 1. The van der Waals surface area contributed by atoms with Crippen molar-refractivity contribution in [2.45, 2.75) is 13.3 Å². The van der Waals surface area contributed by atoms with Crippen LogP contribution in [0.25, 0.3) is 0 Å². The summed E-state index contributed by atoms with van der Waals surface area (Å²) in [6.45, 7) is 1.47. The molecule has 0 spiro atoms. The van der Waals surface area contributed by atoms with Gasteiger partial charge in [0.05, 0.1) is 13.5 Å². The van der Waals surface area contributed by atoms with Gasteiger partial charge in [-0.25, -0.2) is 0 Å². The minimum Gasteiger partial charge on any atom is -0.496 e. The van der Waals surface area contributed by atoms with E-state index in [-0.39, 0.29) is 12.2 Å². The number of methoxy groups -OCH3 is 1. The number of amides is 1. The number of benzene rings is 1. The van der Waals surface area contributed by atoms with E-state index in [0.717, 1.165) is 0 Å². The Hall–Kier alpha value is -1.84. The number of hydrogen-bond acceptors (Lipinski definition) is 3. The van der Waals surface area contributed by atoms with Crippen molar-refractivity contribution in [2.75, 3.05) is 7.11 Å². The van der Waals surface area contributed by atoms with Crippen molar-refractivity contribution in [3.05, 3.63) is 29.3 Å². The first-order chi connectivity index (χ1) is 7.04. The van der Waals surface area contributed by atoms with E-state index in [4.69, 9.17) is 10.5 Å². The number of hydrogen-bond donors (Lipinski definition) is 1. The smallest absolute Gasteiger partial charge is 0.221 e. The predicted octanol–water partition coefficient (Wildman–Crippen LogP) is 0.926. The zero-order chi connectivity index (χ0) is 11.4. The van der Waals surface area contributed by atoms with Crippen LogP contribution in [0, 0.1) is 0 Å². The lowest BCUT2D eigenvalue weighted by Gasteiger charge is -2.07. The van der Waals surface area contributed by atoms with Gasteiger partial charge >= 0.3 is 0 Å². The van der Waals surface area contributed by atoms with E-state index in [9.17, 15) is 9.59 Å². The number of primary amides is 1. The highest BCUT2D eigenvalue weighted by Crippen LogP contribution is 2.20. The van der Waals surface area contributed by atoms with Crippen molar-refractivity contribution in [3.63, 3.8) is 0 Å². The lowest BCUT2D eigenvalue weighted by Crippen LogP contribution is -2.14. The molecule has 0 aliphatic carbocycles. The molecule has 0 unspecified atom stereocenters. The van der Waals surface area contributed by atoms with Crippen LogP contribution in [0.2, 0.25) is 0 Å². The van der Waals surface area contributed by atoms with Gasteiger partial charge in [0.25, 0.3) is 0 Å². The van der Waals surface area contributed by atoms with E-state index < -0.39 is 5.91 Å². The van der Waals surface area contributed by atoms with Crippen LogP contribution in [-0.2, 0) is 11.2 Å². The summed E-state index contributed by atoms with van der Waals surface area (Å²) in [6, 6.07) is 4.95. The number of nitrogens with two attached hydrogens (primary N) is 1. The third kappa shape index (κ3) is 2.80. The second-order valence-electron chi connectivity index (χ2n) is 3.23. The Bertz CT molecular complexity index is 399. The molecule has 0 radical (unpaired) electrons. The molecule has 4 heteroatoms. The minimum absolute atomic E-state index is 0.0524. The largest absolute Gasteiger partial charge is 0.496 e. The summed E-state index contributed by atoms with van der Waals surface area (Å²) < 4.78 is 5.06. The third-order valence-electron chi connectivity index (χ3n) is 2.05. The zero-order valence-electron chi connectivity index (χ0n) is 8.74. The van der Waals surface area contributed by atoms with Gasteiger partial charge in [0.15, 0.2) is 5.78 Å². The molecule has 15 heavy (non-hydrogen) atoms. The van der Waals surface area contributed by atoms with E-state index in [2.05, 4.69) is 0 Å². The van der Waals surface area contributed by atoms with Crippen molar-refractivity contribution in [2.24, 2.45) is 5.73 Å². The Morgan fingerprint density at radius 2 is 2.07 bits per heavy atom. The Labute approximate surface area is 88.0 Å². The maximum atomic E-state index is 11.1. The van der Waals surface area contributed by atoms with Gasteiger partial charge in [-0.2, -0.15) is 0 Å². The van der Waals surface area contributed by atoms with Gasteiger partial charge in [0.1, 0.15) is 5.75 Å². The highest BCUT2D eigenvalue weighted by molar-refractivity contribution is 5.94. The van der Waals surface area contributed by atoms with Gasteiger partial charge in [-0.15, -0.1) is 0 Å². The SMILES string of the molecule is COc1ccc(C(C)=O)cc1CC(N)=O. The molecule has 1 aromatic rings. The number of ether oxygens (including phenoxy) is 1. The first-order valence-electron chi connectivity index (χ1n) is 4.50. The molecule has 0 heterocycles. The molecule has 0 fully saturated rings. The van der Waals surface area contributed by atoms with Gasteiger partial charge in [0, 0.05) is 11.1 Å². The van der Waals surface area contributed by atoms with Crippen LogP contribution in [0.4, 0.5) is 0 Å². The standard InChI is InChI=1S/C11H13NO3/c1-7(13)8-3-4-10(15-2)9(5-8)6-11(12)14/h3-5H,6H2,1-2H3,(H2,12,14). The van der Waals surface area contributed by atoms with Gasteiger partial charge in [-0.05, 0) is 25.1 Å². The fourth-order valence-electron chi connectivity index (χ4n) is 1.32. The van der Waals surface area contributed by atoms with Crippen molar-refractivity contribution < 1.29 is 14.3 Å². The lowest BCUT2D eigenvalue weighted by atomic mass is 10.0. The van der Waals surface area contributed by atoms with Crippen LogP contribution in [0.5, 0.6) is 5.75 Å². The Morgan fingerprint density at radius 1 is 1.40 bits per heavy atom. The maximum absolute atomic E-state index is 11.1. The van der Waals surface area contributed by atoms with Crippen molar-refractivity contribution in [1.82, 2.24) is 0 Å². The number of carbonyl (C=O) groups excluding carboxylic acids is 2. The van der Waals surface area contributed by atoms with Crippen LogP contribution in [0.3, 0.4) is 0 Å². The van der Waals surface area contributed by atoms with Gasteiger partial charge in [-0.3, -0.25) is 9.59 Å². The fourth-order valence-corrected chi connectivity index (χ4v) is 1.32. The lowest BCUT2D eigenvalue weighted by molar-refractivity contribution is -0.117. The predicted molar refractivity (Wildman–Crippen MR) is 55.9 cm³/mol. The molecule has 0 aliphatic rings. The first kappa shape index (κ1) is 11.2. The highest BCUT2D eigenvalue weighted by Gasteiger charge is 2.09. The quantitative estimate of drug-likeness (QED) is 0.746. The van der Waals surface area contributed by atoms with E-state index in [1.165, 1.54) is 14.0 Å². The van der Waals surface area contributed by atoms with E-state index in [1.54, 1.807) is 18.2 Å². The number of rotatable bonds is 4. The number of ketones is 1. The molecule has 4 nitrogen and oxygen atoms in total.